The van der Waals surface area contributed by atoms with Crippen molar-refractivity contribution in [3.05, 3.63) is 23.9 Å². The van der Waals surface area contributed by atoms with E-state index in [9.17, 15) is 23.1 Å². The second-order valence-electron chi connectivity index (χ2n) is 5.75. The number of hydrogen-bond donors (Lipinski definition) is 2. The summed E-state index contributed by atoms with van der Waals surface area (Å²) in [4.78, 5) is 17.4. The summed E-state index contributed by atoms with van der Waals surface area (Å²) in [5.74, 6) is -0.120. The summed E-state index contributed by atoms with van der Waals surface area (Å²) in [5.41, 5.74) is -1.04. The predicted octanol–water partition coefficient (Wildman–Crippen LogP) is 2.62. The van der Waals surface area contributed by atoms with Gasteiger partial charge in [-0.2, -0.15) is 13.2 Å². The Kier molecular flexibility index (Phi) is 3.72. The number of amides is 2. The molecule has 0 aliphatic carbocycles. The van der Waals surface area contributed by atoms with Crippen molar-refractivity contribution in [3.63, 3.8) is 0 Å². The summed E-state index contributed by atoms with van der Waals surface area (Å²) in [7, 11) is 0. The average molecular weight is 315 g/mol. The molecule has 0 spiro atoms. The van der Waals surface area contributed by atoms with Crippen LogP contribution < -0.4 is 5.32 Å². The Hall–Kier alpha value is -1.83. The molecule has 3 heterocycles. The topological polar surface area (TPSA) is 65.5 Å². The van der Waals surface area contributed by atoms with Gasteiger partial charge in [0.1, 0.15) is 11.5 Å². The molecule has 0 radical (unpaired) electrons. The molecular formula is C14H16F3N3O2. The van der Waals surface area contributed by atoms with E-state index in [1.807, 2.05) is 0 Å². The van der Waals surface area contributed by atoms with Gasteiger partial charge in [-0.05, 0) is 37.8 Å². The van der Waals surface area contributed by atoms with Gasteiger partial charge >= 0.3 is 12.2 Å². The van der Waals surface area contributed by atoms with Crippen molar-refractivity contribution in [1.82, 2.24) is 9.88 Å². The maximum atomic E-state index is 12.6. The number of fused-ring (bicyclic) bond motifs is 2. The first-order valence-electron chi connectivity index (χ1n) is 7.16. The molecule has 2 bridgehead atoms. The summed E-state index contributed by atoms with van der Waals surface area (Å²) in [6.45, 7) is 0. The number of halogens is 3. The molecule has 2 N–H and O–H groups in total. The van der Waals surface area contributed by atoms with Gasteiger partial charge < -0.3 is 10.0 Å². The Morgan fingerprint density at radius 1 is 1.27 bits per heavy atom. The molecule has 8 heteroatoms. The Morgan fingerprint density at radius 2 is 1.91 bits per heavy atom. The average Bonchev–Trinajstić information content (AvgIpc) is 2.70. The molecule has 2 aliphatic heterocycles. The Labute approximate surface area is 125 Å². The first kappa shape index (κ1) is 15.1. The number of hydrogen-bond acceptors (Lipinski definition) is 3. The van der Waals surface area contributed by atoms with Crippen LogP contribution >= 0.6 is 0 Å². The van der Waals surface area contributed by atoms with E-state index in [0.717, 1.165) is 18.9 Å². The minimum atomic E-state index is -4.55. The van der Waals surface area contributed by atoms with Crippen molar-refractivity contribution in [2.75, 3.05) is 5.32 Å². The third-order valence-corrected chi connectivity index (χ3v) is 4.22. The molecule has 1 aromatic heterocycles. The molecular weight excluding hydrogens is 299 g/mol. The molecule has 2 fully saturated rings. The SMILES string of the molecule is O=C(Nc1cccc(C(F)(F)F)n1)N1C2CCC1CC(O)C2. The molecule has 2 atom stereocenters. The standard InChI is InChI=1S/C14H16F3N3O2/c15-14(16,17)11-2-1-3-12(18-11)19-13(22)20-8-4-5-9(20)7-10(21)6-8/h1-3,8-10,21H,4-7H2,(H,18,19,22). The number of urea groups is 1. The summed E-state index contributed by atoms with van der Waals surface area (Å²) in [6, 6.07) is 2.83. The minimum absolute atomic E-state index is 0.0560. The lowest BCUT2D eigenvalue weighted by Crippen LogP contribution is -2.49. The molecule has 2 amide bonds. The number of nitrogens with one attached hydrogen (secondary N) is 1. The van der Waals surface area contributed by atoms with E-state index in [0.29, 0.717) is 12.8 Å². The normalized spacial score (nSPS) is 27.8. The number of aliphatic hydroxyl groups is 1. The van der Waals surface area contributed by atoms with E-state index in [4.69, 9.17) is 0 Å². The zero-order valence-corrected chi connectivity index (χ0v) is 11.7. The van der Waals surface area contributed by atoms with Crippen LogP contribution in [0.4, 0.5) is 23.8 Å². The molecule has 0 aromatic carbocycles. The van der Waals surface area contributed by atoms with Crippen LogP contribution in [0.1, 0.15) is 31.4 Å². The Morgan fingerprint density at radius 3 is 2.50 bits per heavy atom. The lowest BCUT2D eigenvalue weighted by atomic mass is 10.0. The maximum absolute atomic E-state index is 12.6. The largest absolute Gasteiger partial charge is 0.433 e. The number of nitrogens with zero attached hydrogens (tertiary/aromatic N) is 2. The van der Waals surface area contributed by atoms with Gasteiger partial charge in [-0.3, -0.25) is 5.32 Å². The highest BCUT2D eigenvalue weighted by Crippen LogP contribution is 2.36. The molecule has 3 rings (SSSR count). The Bertz CT molecular complexity index is 565. The minimum Gasteiger partial charge on any atom is -0.393 e. The molecule has 22 heavy (non-hydrogen) atoms. The highest BCUT2D eigenvalue weighted by Gasteiger charge is 2.43. The lowest BCUT2D eigenvalue weighted by molar-refractivity contribution is -0.141. The molecule has 120 valence electrons. The van der Waals surface area contributed by atoms with Gasteiger partial charge in [0.25, 0.3) is 0 Å². The van der Waals surface area contributed by atoms with Gasteiger partial charge in [-0.15, -0.1) is 0 Å². The molecule has 2 unspecified atom stereocenters. The van der Waals surface area contributed by atoms with E-state index in [-0.39, 0.29) is 17.9 Å². The molecule has 0 saturated carbocycles. The second-order valence-corrected chi connectivity index (χ2v) is 5.75. The van der Waals surface area contributed by atoms with Gasteiger partial charge in [0.05, 0.1) is 6.10 Å². The summed E-state index contributed by atoms with van der Waals surface area (Å²) in [6.07, 6.45) is -2.31. The monoisotopic (exact) mass is 315 g/mol. The number of aromatic nitrogens is 1. The number of anilines is 1. The number of carbonyl (C=O) groups excluding carboxylic acids is 1. The number of piperidine rings is 1. The second kappa shape index (κ2) is 5.42. The van der Waals surface area contributed by atoms with Crippen LogP contribution in [0.2, 0.25) is 0 Å². The van der Waals surface area contributed by atoms with Crippen molar-refractivity contribution in [2.45, 2.75) is 50.0 Å². The van der Waals surface area contributed by atoms with Crippen LogP contribution in [-0.2, 0) is 6.18 Å². The van der Waals surface area contributed by atoms with Gasteiger partial charge in [-0.25, -0.2) is 9.78 Å². The van der Waals surface area contributed by atoms with Crippen molar-refractivity contribution in [1.29, 1.82) is 0 Å². The van der Waals surface area contributed by atoms with Crippen molar-refractivity contribution < 1.29 is 23.1 Å². The molecule has 2 aliphatic rings. The zero-order chi connectivity index (χ0) is 15.9. The molecule has 1 aromatic rings. The number of pyridine rings is 1. The van der Waals surface area contributed by atoms with Crippen molar-refractivity contribution in [3.8, 4) is 0 Å². The fourth-order valence-electron chi connectivity index (χ4n) is 3.32. The van der Waals surface area contributed by atoms with Crippen LogP contribution in [-0.4, -0.2) is 39.2 Å². The highest BCUT2D eigenvalue weighted by molar-refractivity contribution is 5.89. The summed E-state index contributed by atoms with van der Waals surface area (Å²) in [5, 5.41) is 12.1. The smallest absolute Gasteiger partial charge is 0.393 e. The number of carbonyl (C=O) groups is 1. The summed E-state index contributed by atoms with van der Waals surface area (Å²) < 4.78 is 37.9. The van der Waals surface area contributed by atoms with Gasteiger partial charge in [0.2, 0.25) is 0 Å². The van der Waals surface area contributed by atoms with Gasteiger partial charge in [-0.1, -0.05) is 6.07 Å². The zero-order valence-electron chi connectivity index (χ0n) is 11.7. The van der Waals surface area contributed by atoms with Crippen LogP contribution in [0.15, 0.2) is 18.2 Å². The third-order valence-electron chi connectivity index (χ3n) is 4.22. The number of alkyl halides is 3. The molecule has 5 nitrogen and oxygen atoms in total. The van der Waals surface area contributed by atoms with E-state index in [1.54, 1.807) is 4.90 Å². The van der Waals surface area contributed by atoms with Crippen molar-refractivity contribution >= 4 is 11.8 Å². The molecule has 2 saturated heterocycles. The lowest BCUT2D eigenvalue weighted by Gasteiger charge is -2.36. The van der Waals surface area contributed by atoms with E-state index in [2.05, 4.69) is 10.3 Å². The third kappa shape index (κ3) is 2.87. The van der Waals surface area contributed by atoms with Crippen molar-refractivity contribution in [2.24, 2.45) is 0 Å². The first-order chi connectivity index (χ1) is 10.3. The summed E-state index contributed by atoms with van der Waals surface area (Å²) >= 11 is 0. The maximum Gasteiger partial charge on any atom is 0.433 e. The number of rotatable bonds is 1. The fraction of sp³-hybridized carbons (Fsp3) is 0.571. The Balaban J connectivity index is 1.73. The fourth-order valence-corrected chi connectivity index (χ4v) is 3.32. The highest BCUT2D eigenvalue weighted by atomic mass is 19.4. The van der Waals surface area contributed by atoms with Crippen LogP contribution in [0.3, 0.4) is 0 Å². The van der Waals surface area contributed by atoms with Crippen LogP contribution in [0.25, 0.3) is 0 Å². The van der Waals surface area contributed by atoms with Crippen LogP contribution in [0.5, 0.6) is 0 Å². The predicted molar refractivity (Wildman–Crippen MR) is 72.1 cm³/mol. The van der Waals surface area contributed by atoms with Gasteiger partial charge in [0.15, 0.2) is 0 Å². The van der Waals surface area contributed by atoms with Gasteiger partial charge in [0, 0.05) is 12.1 Å². The van der Waals surface area contributed by atoms with E-state index < -0.39 is 24.0 Å². The quantitative estimate of drug-likeness (QED) is 0.837. The van der Waals surface area contributed by atoms with Crippen LogP contribution in [0, 0.1) is 0 Å². The number of aliphatic hydroxyl groups excluding tert-OH is 1. The first-order valence-corrected chi connectivity index (χ1v) is 7.16. The van der Waals surface area contributed by atoms with E-state index in [1.165, 1.54) is 12.1 Å². The van der Waals surface area contributed by atoms with E-state index >= 15 is 0 Å².